The molecule has 0 fully saturated rings. The monoisotopic (exact) mass is 286 g/mol. The molecular weight excluding hydrogens is 268 g/mol. The van der Waals surface area contributed by atoms with Gasteiger partial charge >= 0.3 is 0 Å². The van der Waals surface area contributed by atoms with E-state index in [4.69, 9.17) is 9.88 Å². The number of sulfonamides is 1. The van der Waals surface area contributed by atoms with Gasteiger partial charge in [0.05, 0.1) is 4.90 Å². The van der Waals surface area contributed by atoms with Gasteiger partial charge in [0.1, 0.15) is 5.75 Å². The van der Waals surface area contributed by atoms with Crippen molar-refractivity contribution in [2.24, 2.45) is 5.14 Å². The van der Waals surface area contributed by atoms with E-state index in [9.17, 15) is 13.2 Å². The Balaban J connectivity index is 3.12. The summed E-state index contributed by atoms with van der Waals surface area (Å²) in [5.74, 6) is 0.171. The van der Waals surface area contributed by atoms with E-state index in [-0.39, 0.29) is 10.8 Å². The molecule has 1 rings (SSSR count). The third-order valence-corrected chi connectivity index (χ3v) is 3.86. The zero-order valence-corrected chi connectivity index (χ0v) is 12.2. The maximum Gasteiger partial charge on any atom is 0.260 e. The molecule has 0 heterocycles. The topological polar surface area (TPSA) is 98.5 Å². The number of rotatable bonds is 4. The second-order valence-electron chi connectivity index (χ2n) is 4.31. The van der Waals surface area contributed by atoms with Gasteiger partial charge in [-0.1, -0.05) is 0 Å². The summed E-state index contributed by atoms with van der Waals surface area (Å²) in [5, 5.41) is 7.62. The number of carbonyl (C=O) groups is 1. The summed E-state index contributed by atoms with van der Waals surface area (Å²) in [6.07, 6.45) is -0.663. The van der Waals surface area contributed by atoms with Crippen molar-refractivity contribution in [3.8, 4) is 5.75 Å². The first-order valence-corrected chi connectivity index (χ1v) is 7.23. The Labute approximate surface area is 113 Å². The lowest BCUT2D eigenvalue weighted by atomic mass is 10.1. The second-order valence-corrected chi connectivity index (χ2v) is 5.80. The van der Waals surface area contributed by atoms with Crippen LogP contribution in [0, 0.1) is 13.8 Å². The fraction of sp³-hybridized carbons (Fsp3) is 0.417. The van der Waals surface area contributed by atoms with E-state index < -0.39 is 16.1 Å². The van der Waals surface area contributed by atoms with Crippen LogP contribution in [-0.4, -0.2) is 27.5 Å². The average molecular weight is 286 g/mol. The van der Waals surface area contributed by atoms with Crippen molar-refractivity contribution in [2.75, 3.05) is 7.05 Å². The molecule has 1 aromatic rings. The minimum atomic E-state index is -3.77. The van der Waals surface area contributed by atoms with Crippen LogP contribution in [0.5, 0.6) is 5.75 Å². The summed E-state index contributed by atoms with van der Waals surface area (Å²) in [6.45, 7) is 4.87. The summed E-state index contributed by atoms with van der Waals surface area (Å²) < 4.78 is 28.3. The predicted molar refractivity (Wildman–Crippen MR) is 71.4 cm³/mol. The summed E-state index contributed by atoms with van der Waals surface area (Å²) in [4.78, 5) is 11.5. The van der Waals surface area contributed by atoms with E-state index in [0.29, 0.717) is 16.9 Å². The molecule has 0 saturated carbocycles. The van der Waals surface area contributed by atoms with Crippen LogP contribution in [0.4, 0.5) is 0 Å². The number of aryl methyl sites for hydroxylation is 2. The fourth-order valence-electron chi connectivity index (χ4n) is 1.89. The zero-order chi connectivity index (χ0) is 14.8. The van der Waals surface area contributed by atoms with E-state index in [1.165, 1.54) is 7.05 Å². The number of hydrogen-bond donors (Lipinski definition) is 2. The molecular formula is C12H18N2O4S. The van der Waals surface area contributed by atoms with Gasteiger partial charge in [0.2, 0.25) is 10.0 Å². The lowest BCUT2D eigenvalue weighted by molar-refractivity contribution is -0.126. The number of benzene rings is 1. The van der Waals surface area contributed by atoms with Crippen LogP contribution in [-0.2, 0) is 14.8 Å². The largest absolute Gasteiger partial charge is 0.481 e. The number of likely N-dealkylation sites (N-methyl/N-ethyl adjacent to an activating group) is 1. The molecule has 7 heteroatoms. The number of nitrogens with one attached hydrogen (secondary N) is 1. The fourth-order valence-corrected chi connectivity index (χ4v) is 2.90. The molecule has 0 bridgehead atoms. The van der Waals surface area contributed by atoms with Gasteiger partial charge in [0, 0.05) is 7.05 Å². The van der Waals surface area contributed by atoms with Gasteiger partial charge in [-0.2, -0.15) is 0 Å². The minimum absolute atomic E-state index is 0.0902. The highest BCUT2D eigenvalue weighted by Crippen LogP contribution is 2.25. The van der Waals surface area contributed by atoms with Crippen LogP contribution >= 0.6 is 0 Å². The van der Waals surface area contributed by atoms with E-state index in [1.807, 2.05) is 0 Å². The third kappa shape index (κ3) is 3.68. The third-order valence-electron chi connectivity index (χ3n) is 2.65. The molecule has 1 aromatic carbocycles. The average Bonchev–Trinajstić information content (AvgIpc) is 2.24. The number of amides is 1. The first-order chi connectivity index (χ1) is 8.66. The molecule has 0 spiro atoms. The number of primary sulfonamides is 1. The molecule has 106 valence electrons. The highest BCUT2D eigenvalue weighted by molar-refractivity contribution is 7.89. The summed E-state index contributed by atoms with van der Waals surface area (Å²) in [5.41, 5.74) is 0.975. The molecule has 0 saturated heterocycles. The molecule has 19 heavy (non-hydrogen) atoms. The van der Waals surface area contributed by atoms with Crippen LogP contribution in [0.3, 0.4) is 0 Å². The Hall–Kier alpha value is -1.60. The van der Waals surface area contributed by atoms with Crippen molar-refractivity contribution in [3.63, 3.8) is 0 Å². The molecule has 0 aromatic heterocycles. The van der Waals surface area contributed by atoms with Gasteiger partial charge in [-0.3, -0.25) is 4.79 Å². The molecule has 0 radical (unpaired) electrons. The van der Waals surface area contributed by atoms with Gasteiger partial charge < -0.3 is 10.1 Å². The Bertz CT molecular complexity index is 573. The van der Waals surface area contributed by atoms with Gasteiger partial charge in [-0.05, 0) is 44.0 Å². The first kappa shape index (κ1) is 15.5. The Morgan fingerprint density at radius 2 is 1.79 bits per heavy atom. The van der Waals surface area contributed by atoms with Crippen LogP contribution in [0.2, 0.25) is 0 Å². The van der Waals surface area contributed by atoms with Crippen molar-refractivity contribution in [3.05, 3.63) is 23.3 Å². The standard InChI is InChI=1S/C12H18N2O4S/c1-7-5-10(18-9(3)12(15)14-4)6-8(2)11(7)19(13,16)17/h5-6,9H,1-4H3,(H,14,15)(H2,13,16,17). The summed E-state index contributed by atoms with van der Waals surface area (Å²) in [6, 6.07) is 3.10. The van der Waals surface area contributed by atoms with Gasteiger partial charge in [0.15, 0.2) is 6.10 Å². The zero-order valence-electron chi connectivity index (χ0n) is 11.4. The normalized spacial score (nSPS) is 12.9. The smallest absolute Gasteiger partial charge is 0.260 e. The number of ether oxygens (including phenoxy) is 1. The van der Waals surface area contributed by atoms with Crippen molar-refractivity contribution >= 4 is 15.9 Å². The molecule has 0 aliphatic rings. The molecule has 3 N–H and O–H groups in total. The molecule has 1 unspecified atom stereocenters. The van der Waals surface area contributed by atoms with E-state index in [2.05, 4.69) is 5.32 Å². The van der Waals surface area contributed by atoms with Crippen molar-refractivity contribution < 1.29 is 17.9 Å². The minimum Gasteiger partial charge on any atom is -0.481 e. The van der Waals surface area contributed by atoms with Crippen LogP contribution in [0.1, 0.15) is 18.1 Å². The van der Waals surface area contributed by atoms with Gasteiger partial charge in [-0.25, -0.2) is 13.6 Å². The molecule has 1 atom stereocenters. The number of nitrogens with two attached hydrogens (primary N) is 1. The van der Waals surface area contributed by atoms with Crippen molar-refractivity contribution in [2.45, 2.75) is 31.8 Å². The van der Waals surface area contributed by atoms with E-state index >= 15 is 0 Å². The SMILES string of the molecule is CNC(=O)C(C)Oc1cc(C)c(S(N)(=O)=O)c(C)c1. The van der Waals surface area contributed by atoms with Crippen molar-refractivity contribution in [1.82, 2.24) is 5.32 Å². The molecule has 0 aliphatic heterocycles. The maximum atomic E-state index is 11.4. The quantitative estimate of drug-likeness (QED) is 0.840. The van der Waals surface area contributed by atoms with Gasteiger partial charge in [0.25, 0.3) is 5.91 Å². The van der Waals surface area contributed by atoms with E-state index in [0.717, 1.165) is 0 Å². The highest BCUT2D eigenvalue weighted by Gasteiger charge is 2.18. The summed E-state index contributed by atoms with van der Waals surface area (Å²) >= 11 is 0. The van der Waals surface area contributed by atoms with Gasteiger partial charge in [-0.15, -0.1) is 0 Å². The lowest BCUT2D eigenvalue weighted by Crippen LogP contribution is -2.33. The Morgan fingerprint density at radius 3 is 2.16 bits per heavy atom. The van der Waals surface area contributed by atoms with Crippen LogP contribution in [0.25, 0.3) is 0 Å². The Morgan fingerprint density at radius 1 is 1.32 bits per heavy atom. The number of hydrogen-bond acceptors (Lipinski definition) is 4. The second kappa shape index (κ2) is 5.58. The lowest BCUT2D eigenvalue weighted by Gasteiger charge is -2.16. The molecule has 6 nitrogen and oxygen atoms in total. The maximum absolute atomic E-state index is 11.4. The molecule has 0 aliphatic carbocycles. The van der Waals surface area contributed by atoms with Crippen molar-refractivity contribution in [1.29, 1.82) is 0 Å². The first-order valence-electron chi connectivity index (χ1n) is 5.69. The molecule has 1 amide bonds. The number of carbonyl (C=O) groups excluding carboxylic acids is 1. The van der Waals surface area contributed by atoms with E-state index in [1.54, 1.807) is 32.9 Å². The van der Waals surface area contributed by atoms with Crippen LogP contribution in [0.15, 0.2) is 17.0 Å². The highest BCUT2D eigenvalue weighted by atomic mass is 32.2. The summed E-state index contributed by atoms with van der Waals surface area (Å²) in [7, 11) is -2.25. The van der Waals surface area contributed by atoms with Crippen LogP contribution < -0.4 is 15.2 Å². The Kier molecular flexibility index (Phi) is 4.54. The predicted octanol–water partition coefficient (Wildman–Crippen LogP) is 0.464.